The first-order chi connectivity index (χ1) is 8.24. The lowest BCUT2D eigenvalue weighted by molar-refractivity contribution is 0.282. The summed E-state index contributed by atoms with van der Waals surface area (Å²) >= 11 is 0. The molecule has 0 aromatic heterocycles. The molecule has 0 saturated heterocycles. The summed E-state index contributed by atoms with van der Waals surface area (Å²) in [6, 6.07) is 11.7. The first kappa shape index (κ1) is 11.6. The zero-order chi connectivity index (χ0) is 12.3. The molecule has 1 N–H and O–H groups in total. The number of benzene rings is 2. The zero-order valence-electron chi connectivity index (χ0n) is 9.48. The minimum atomic E-state index is -0.289. The summed E-state index contributed by atoms with van der Waals surface area (Å²) in [5, 5.41) is 8.94. The molecule has 0 radical (unpaired) electrons. The molecule has 0 heterocycles. The van der Waals surface area contributed by atoms with Crippen LogP contribution in [-0.4, -0.2) is 12.2 Å². The van der Waals surface area contributed by atoms with Gasteiger partial charge in [-0.2, -0.15) is 0 Å². The van der Waals surface area contributed by atoms with E-state index in [0.717, 1.165) is 11.1 Å². The standard InChI is InChI=1S/C14H13FO2/c1-17-12-6-7-14(15)13(8-12)11-4-2-10(9-16)3-5-11/h2-8,16H,9H2,1H3. The molecule has 0 fully saturated rings. The molecule has 0 unspecified atom stereocenters. The molecule has 2 aromatic carbocycles. The van der Waals surface area contributed by atoms with Crippen LogP contribution in [0.3, 0.4) is 0 Å². The maximum absolute atomic E-state index is 13.7. The van der Waals surface area contributed by atoms with Gasteiger partial charge in [0, 0.05) is 5.56 Å². The second-order valence-corrected chi connectivity index (χ2v) is 3.70. The lowest BCUT2D eigenvalue weighted by Crippen LogP contribution is -1.89. The summed E-state index contributed by atoms with van der Waals surface area (Å²) in [4.78, 5) is 0. The monoisotopic (exact) mass is 232 g/mol. The van der Waals surface area contributed by atoms with Gasteiger partial charge in [0.15, 0.2) is 0 Å². The summed E-state index contributed by atoms with van der Waals surface area (Å²) < 4.78 is 18.7. The van der Waals surface area contributed by atoms with E-state index in [1.807, 2.05) is 0 Å². The van der Waals surface area contributed by atoms with Crippen LogP contribution in [-0.2, 0) is 6.61 Å². The molecule has 2 rings (SSSR count). The molecule has 0 aliphatic rings. The number of methoxy groups -OCH3 is 1. The molecule has 0 amide bonds. The van der Waals surface area contributed by atoms with Crippen molar-refractivity contribution < 1.29 is 14.2 Å². The average Bonchev–Trinajstić information content (AvgIpc) is 2.39. The van der Waals surface area contributed by atoms with Crippen molar-refractivity contribution in [1.82, 2.24) is 0 Å². The summed E-state index contributed by atoms with van der Waals surface area (Å²) in [6.45, 7) is -0.0130. The number of hydrogen-bond acceptors (Lipinski definition) is 2. The van der Waals surface area contributed by atoms with E-state index in [0.29, 0.717) is 11.3 Å². The molecular weight excluding hydrogens is 219 g/mol. The van der Waals surface area contributed by atoms with Gasteiger partial charge in [-0.1, -0.05) is 24.3 Å². The van der Waals surface area contributed by atoms with Crippen LogP contribution in [0.15, 0.2) is 42.5 Å². The first-order valence-electron chi connectivity index (χ1n) is 5.28. The Morgan fingerprint density at radius 3 is 2.41 bits per heavy atom. The lowest BCUT2D eigenvalue weighted by atomic mass is 10.0. The third-order valence-corrected chi connectivity index (χ3v) is 2.62. The van der Waals surface area contributed by atoms with Crippen molar-refractivity contribution in [3.63, 3.8) is 0 Å². The largest absolute Gasteiger partial charge is 0.497 e. The minimum absolute atomic E-state index is 0.0130. The molecule has 0 aliphatic heterocycles. The summed E-state index contributed by atoms with van der Waals surface area (Å²) in [7, 11) is 1.55. The molecule has 0 saturated carbocycles. The second kappa shape index (κ2) is 4.97. The van der Waals surface area contributed by atoms with Gasteiger partial charge >= 0.3 is 0 Å². The Morgan fingerprint density at radius 1 is 1.12 bits per heavy atom. The van der Waals surface area contributed by atoms with Crippen molar-refractivity contribution in [2.75, 3.05) is 7.11 Å². The molecule has 3 heteroatoms. The number of aliphatic hydroxyl groups is 1. The van der Waals surface area contributed by atoms with Crippen molar-refractivity contribution in [1.29, 1.82) is 0 Å². The van der Waals surface area contributed by atoms with Crippen molar-refractivity contribution in [3.05, 3.63) is 53.8 Å². The van der Waals surface area contributed by atoms with E-state index >= 15 is 0 Å². The first-order valence-corrected chi connectivity index (χ1v) is 5.28. The predicted octanol–water partition coefficient (Wildman–Crippen LogP) is 2.99. The Hall–Kier alpha value is -1.87. The normalized spacial score (nSPS) is 10.3. The lowest BCUT2D eigenvalue weighted by Gasteiger charge is -2.07. The summed E-state index contributed by atoms with van der Waals surface area (Å²) in [5.41, 5.74) is 2.06. The van der Waals surface area contributed by atoms with Gasteiger partial charge in [-0.3, -0.25) is 0 Å². The summed E-state index contributed by atoms with van der Waals surface area (Å²) in [5.74, 6) is 0.329. The summed E-state index contributed by atoms with van der Waals surface area (Å²) in [6.07, 6.45) is 0. The second-order valence-electron chi connectivity index (χ2n) is 3.70. The molecule has 0 bridgehead atoms. The fourth-order valence-corrected chi connectivity index (χ4v) is 1.64. The topological polar surface area (TPSA) is 29.5 Å². The van der Waals surface area contributed by atoms with Crippen molar-refractivity contribution in [2.45, 2.75) is 6.61 Å². The van der Waals surface area contributed by atoms with E-state index < -0.39 is 0 Å². The van der Waals surface area contributed by atoms with Gasteiger partial charge in [0.25, 0.3) is 0 Å². The molecule has 2 aromatic rings. The fourth-order valence-electron chi connectivity index (χ4n) is 1.64. The Kier molecular flexibility index (Phi) is 3.40. The van der Waals surface area contributed by atoms with Crippen LogP contribution in [0, 0.1) is 5.82 Å². The molecular formula is C14H13FO2. The van der Waals surface area contributed by atoms with Crippen LogP contribution >= 0.6 is 0 Å². The Bertz CT molecular complexity index is 506. The smallest absolute Gasteiger partial charge is 0.131 e. The van der Waals surface area contributed by atoms with Crippen molar-refractivity contribution in [3.8, 4) is 16.9 Å². The number of rotatable bonds is 3. The molecule has 0 spiro atoms. The molecule has 88 valence electrons. The minimum Gasteiger partial charge on any atom is -0.497 e. The SMILES string of the molecule is COc1ccc(F)c(-c2ccc(CO)cc2)c1. The van der Waals surface area contributed by atoms with Crippen molar-refractivity contribution in [2.24, 2.45) is 0 Å². The van der Waals surface area contributed by atoms with Crippen molar-refractivity contribution >= 4 is 0 Å². The highest BCUT2D eigenvalue weighted by atomic mass is 19.1. The van der Waals surface area contributed by atoms with E-state index in [4.69, 9.17) is 9.84 Å². The molecule has 0 atom stereocenters. The van der Waals surface area contributed by atoms with Crippen LogP contribution in [0.4, 0.5) is 4.39 Å². The Labute approximate surface area is 99.3 Å². The molecule has 17 heavy (non-hydrogen) atoms. The quantitative estimate of drug-likeness (QED) is 0.881. The third kappa shape index (κ3) is 2.45. The van der Waals surface area contributed by atoms with E-state index in [1.54, 1.807) is 43.5 Å². The number of ether oxygens (including phenoxy) is 1. The van der Waals surface area contributed by atoms with Crippen LogP contribution in [0.1, 0.15) is 5.56 Å². The number of hydrogen-bond donors (Lipinski definition) is 1. The van der Waals surface area contributed by atoms with E-state index in [1.165, 1.54) is 6.07 Å². The number of halogens is 1. The van der Waals surface area contributed by atoms with Gasteiger partial charge < -0.3 is 9.84 Å². The third-order valence-electron chi connectivity index (χ3n) is 2.62. The van der Waals surface area contributed by atoms with Crippen LogP contribution in [0.2, 0.25) is 0 Å². The maximum Gasteiger partial charge on any atom is 0.131 e. The van der Waals surface area contributed by atoms with Gasteiger partial charge in [0.1, 0.15) is 11.6 Å². The Morgan fingerprint density at radius 2 is 1.82 bits per heavy atom. The van der Waals surface area contributed by atoms with Gasteiger partial charge in [-0.05, 0) is 29.3 Å². The highest BCUT2D eigenvalue weighted by Crippen LogP contribution is 2.27. The van der Waals surface area contributed by atoms with Crippen LogP contribution in [0.5, 0.6) is 5.75 Å². The highest BCUT2D eigenvalue weighted by molar-refractivity contribution is 5.66. The van der Waals surface area contributed by atoms with Gasteiger partial charge in [-0.25, -0.2) is 4.39 Å². The van der Waals surface area contributed by atoms with Gasteiger partial charge in [0.05, 0.1) is 13.7 Å². The van der Waals surface area contributed by atoms with E-state index in [-0.39, 0.29) is 12.4 Å². The Balaban J connectivity index is 2.43. The van der Waals surface area contributed by atoms with Gasteiger partial charge in [0.2, 0.25) is 0 Å². The van der Waals surface area contributed by atoms with Crippen LogP contribution < -0.4 is 4.74 Å². The average molecular weight is 232 g/mol. The van der Waals surface area contributed by atoms with E-state index in [2.05, 4.69) is 0 Å². The van der Waals surface area contributed by atoms with E-state index in [9.17, 15) is 4.39 Å². The predicted molar refractivity (Wildman–Crippen MR) is 64.3 cm³/mol. The maximum atomic E-state index is 13.7. The zero-order valence-corrected chi connectivity index (χ0v) is 9.48. The van der Waals surface area contributed by atoms with Gasteiger partial charge in [-0.15, -0.1) is 0 Å². The molecule has 2 nitrogen and oxygen atoms in total. The highest BCUT2D eigenvalue weighted by Gasteiger charge is 2.06. The fraction of sp³-hybridized carbons (Fsp3) is 0.143. The molecule has 0 aliphatic carbocycles. The van der Waals surface area contributed by atoms with Crippen LogP contribution in [0.25, 0.3) is 11.1 Å². The number of aliphatic hydroxyl groups excluding tert-OH is 1.